The molecule has 0 saturated heterocycles. The summed E-state index contributed by atoms with van der Waals surface area (Å²) in [5.74, 6) is 0.167. The van der Waals surface area contributed by atoms with Gasteiger partial charge < -0.3 is 9.32 Å². The molecule has 1 aromatic carbocycles. The molecule has 0 aliphatic carbocycles. The molecule has 0 aliphatic rings. The third-order valence-corrected chi connectivity index (χ3v) is 2.58. The molecule has 0 N–H and O–H groups in total. The Morgan fingerprint density at radius 2 is 2.12 bits per heavy atom. The molecule has 2 rings (SSSR count). The average Bonchev–Trinajstić information content (AvgIpc) is 2.73. The summed E-state index contributed by atoms with van der Waals surface area (Å²) in [4.78, 5) is 14.0. The lowest BCUT2D eigenvalue weighted by Crippen LogP contribution is -2.16. The summed E-state index contributed by atoms with van der Waals surface area (Å²) in [6.45, 7) is 0.771. The van der Waals surface area contributed by atoms with Crippen LogP contribution in [-0.4, -0.2) is 31.3 Å². The summed E-state index contributed by atoms with van der Waals surface area (Å²) in [5.41, 5.74) is 1.53. The van der Waals surface area contributed by atoms with Gasteiger partial charge >= 0.3 is 0 Å². The lowest BCUT2D eigenvalue weighted by atomic mass is 10.0. The van der Waals surface area contributed by atoms with Gasteiger partial charge in [-0.05, 0) is 26.2 Å². The van der Waals surface area contributed by atoms with Crippen molar-refractivity contribution in [2.45, 2.75) is 6.42 Å². The summed E-state index contributed by atoms with van der Waals surface area (Å²) < 4.78 is 5.27. The first kappa shape index (κ1) is 10.9. The molecule has 3 heteroatoms. The Morgan fingerprint density at radius 1 is 1.31 bits per heavy atom. The highest BCUT2D eigenvalue weighted by Gasteiger charge is 2.11. The van der Waals surface area contributed by atoms with Gasteiger partial charge in [0.05, 0.1) is 6.26 Å². The van der Waals surface area contributed by atoms with Crippen LogP contribution in [-0.2, 0) is 0 Å². The van der Waals surface area contributed by atoms with Crippen molar-refractivity contribution >= 4 is 16.8 Å². The van der Waals surface area contributed by atoms with E-state index in [4.69, 9.17) is 4.42 Å². The largest absolute Gasteiger partial charge is 0.464 e. The number of fused-ring (bicyclic) bond motifs is 1. The number of hydrogen-bond acceptors (Lipinski definition) is 3. The Kier molecular flexibility index (Phi) is 3.06. The first-order valence-corrected chi connectivity index (χ1v) is 5.32. The second kappa shape index (κ2) is 4.49. The van der Waals surface area contributed by atoms with Gasteiger partial charge in [0.2, 0.25) is 0 Å². The van der Waals surface area contributed by atoms with Crippen LogP contribution in [0.3, 0.4) is 0 Å². The molecule has 1 aromatic heterocycles. The molecule has 0 amide bonds. The van der Waals surface area contributed by atoms with E-state index in [0.29, 0.717) is 6.42 Å². The third-order valence-electron chi connectivity index (χ3n) is 2.58. The summed E-state index contributed by atoms with van der Waals surface area (Å²) in [6.07, 6.45) is 2.16. The van der Waals surface area contributed by atoms with Gasteiger partial charge in [-0.2, -0.15) is 0 Å². The Balaban J connectivity index is 2.25. The number of Topliss-reactive ketones (excluding diaryl/α,β-unsaturated/α-hetero) is 1. The Bertz CT molecular complexity index is 499. The van der Waals surface area contributed by atoms with Crippen LogP contribution in [0.2, 0.25) is 0 Å². The molecule has 0 bridgehead atoms. The van der Waals surface area contributed by atoms with Crippen LogP contribution < -0.4 is 0 Å². The highest BCUT2D eigenvalue weighted by Crippen LogP contribution is 2.20. The average molecular weight is 217 g/mol. The summed E-state index contributed by atoms with van der Waals surface area (Å²) in [7, 11) is 3.93. The van der Waals surface area contributed by atoms with Gasteiger partial charge in [0, 0.05) is 23.9 Å². The molecule has 0 atom stereocenters. The monoisotopic (exact) mass is 217 g/mol. The van der Waals surface area contributed by atoms with E-state index < -0.39 is 0 Å². The summed E-state index contributed by atoms with van der Waals surface area (Å²) >= 11 is 0. The van der Waals surface area contributed by atoms with Crippen molar-refractivity contribution in [1.29, 1.82) is 0 Å². The normalized spacial score (nSPS) is 11.2. The van der Waals surface area contributed by atoms with Crippen molar-refractivity contribution in [3.63, 3.8) is 0 Å². The van der Waals surface area contributed by atoms with Gasteiger partial charge in [0.1, 0.15) is 5.58 Å². The smallest absolute Gasteiger partial charge is 0.164 e. The van der Waals surface area contributed by atoms with Gasteiger partial charge in [0.15, 0.2) is 5.78 Å². The topological polar surface area (TPSA) is 33.5 Å². The quantitative estimate of drug-likeness (QED) is 0.738. The molecular weight excluding hydrogens is 202 g/mol. The number of benzene rings is 1. The number of carbonyl (C=O) groups is 1. The van der Waals surface area contributed by atoms with E-state index in [1.807, 2.05) is 43.3 Å². The molecule has 0 fully saturated rings. The molecule has 0 unspecified atom stereocenters. The molecule has 1 heterocycles. The van der Waals surface area contributed by atoms with E-state index in [9.17, 15) is 4.79 Å². The van der Waals surface area contributed by atoms with Crippen LogP contribution in [0.1, 0.15) is 16.8 Å². The second-order valence-corrected chi connectivity index (χ2v) is 4.11. The fourth-order valence-corrected chi connectivity index (χ4v) is 1.70. The standard InChI is InChI=1S/C13H15NO2/c1-14(2)8-6-12(15)10-4-3-5-13-11(10)7-9-16-13/h3-5,7,9H,6,8H2,1-2H3. The Hall–Kier alpha value is -1.61. The Morgan fingerprint density at radius 3 is 2.88 bits per heavy atom. The highest BCUT2D eigenvalue weighted by molar-refractivity contribution is 6.07. The van der Waals surface area contributed by atoms with Crippen molar-refractivity contribution in [3.05, 3.63) is 36.1 Å². The predicted molar refractivity (Wildman–Crippen MR) is 63.7 cm³/mol. The maximum atomic E-state index is 12.0. The number of carbonyl (C=O) groups excluding carboxylic acids is 1. The second-order valence-electron chi connectivity index (χ2n) is 4.11. The van der Waals surface area contributed by atoms with E-state index in [-0.39, 0.29) is 5.78 Å². The summed E-state index contributed by atoms with van der Waals surface area (Å²) in [5, 5.41) is 0.909. The minimum absolute atomic E-state index is 0.167. The predicted octanol–water partition coefficient (Wildman–Crippen LogP) is 2.57. The maximum absolute atomic E-state index is 12.0. The molecule has 0 radical (unpaired) electrons. The van der Waals surface area contributed by atoms with Gasteiger partial charge in [0.25, 0.3) is 0 Å². The molecule has 0 aliphatic heterocycles. The molecule has 0 spiro atoms. The van der Waals surface area contributed by atoms with Crippen molar-refractivity contribution in [3.8, 4) is 0 Å². The third kappa shape index (κ3) is 2.14. The lowest BCUT2D eigenvalue weighted by molar-refractivity contribution is 0.0974. The van der Waals surface area contributed by atoms with Crippen molar-refractivity contribution in [1.82, 2.24) is 4.90 Å². The lowest BCUT2D eigenvalue weighted by Gasteiger charge is -2.08. The minimum atomic E-state index is 0.167. The van der Waals surface area contributed by atoms with Gasteiger partial charge in [-0.25, -0.2) is 0 Å². The van der Waals surface area contributed by atoms with Crippen LogP contribution in [0.4, 0.5) is 0 Å². The maximum Gasteiger partial charge on any atom is 0.164 e. The number of rotatable bonds is 4. The zero-order valence-corrected chi connectivity index (χ0v) is 9.56. The zero-order valence-electron chi connectivity index (χ0n) is 9.56. The van der Waals surface area contributed by atoms with Crippen LogP contribution in [0.5, 0.6) is 0 Å². The van der Waals surface area contributed by atoms with E-state index in [1.54, 1.807) is 6.26 Å². The molecule has 16 heavy (non-hydrogen) atoms. The molecule has 2 aromatic rings. The van der Waals surface area contributed by atoms with Gasteiger partial charge in [-0.15, -0.1) is 0 Å². The fourth-order valence-electron chi connectivity index (χ4n) is 1.70. The first-order valence-electron chi connectivity index (χ1n) is 5.32. The van der Waals surface area contributed by atoms with E-state index >= 15 is 0 Å². The Labute approximate surface area is 94.7 Å². The SMILES string of the molecule is CN(C)CCC(=O)c1cccc2occc12. The number of ketones is 1. The van der Waals surface area contributed by atoms with Crippen LogP contribution in [0.25, 0.3) is 11.0 Å². The minimum Gasteiger partial charge on any atom is -0.464 e. The van der Waals surface area contributed by atoms with Gasteiger partial charge in [-0.3, -0.25) is 4.79 Å². The van der Waals surface area contributed by atoms with E-state index in [2.05, 4.69) is 0 Å². The van der Waals surface area contributed by atoms with Crippen LogP contribution in [0.15, 0.2) is 34.9 Å². The number of hydrogen-bond donors (Lipinski definition) is 0. The van der Waals surface area contributed by atoms with Crippen LogP contribution in [0, 0.1) is 0 Å². The fraction of sp³-hybridized carbons (Fsp3) is 0.308. The number of furan rings is 1. The number of nitrogens with zero attached hydrogens (tertiary/aromatic N) is 1. The zero-order chi connectivity index (χ0) is 11.5. The van der Waals surface area contributed by atoms with Crippen molar-refractivity contribution in [2.24, 2.45) is 0 Å². The molecule has 84 valence electrons. The van der Waals surface area contributed by atoms with Crippen LogP contribution >= 0.6 is 0 Å². The molecule has 3 nitrogen and oxygen atoms in total. The molecular formula is C13H15NO2. The molecule has 0 saturated carbocycles. The van der Waals surface area contributed by atoms with Crippen molar-refractivity contribution in [2.75, 3.05) is 20.6 Å². The highest BCUT2D eigenvalue weighted by atomic mass is 16.3. The summed E-state index contributed by atoms with van der Waals surface area (Å²) in [6, 6.07) is 7.43. The van der Waals surface area contributed by atoms with E-state index in [0.717, 1.165) is 23.1 Å². The van der Waals surface area contributed by atoms with E-state index in [1.165, 1.54) is 0 Å². The first-order chi connectivity index (χ1) is 7.68. The van der Waals surface area contributed by atoms with Crippen molar-refractivity contribution < 1.29 is 9.21 Å². The van der Waals surface area contributed by atoms with Gasteiger partial charge in [-0.1, -0.05) is 12.1 Å².